The highest BCUT2D eigenvalue weighted by Gasteiger charge is 2.21. The van der Waals surface area contributed by atoms with Crippen molar-refractivity contribution in [2.75, 3.05) is 4.90 Å². The zero-order valence-corrected chi connectivity index (χ0v) is 34.1. The molecular weight excluding hydrogens is 713 g/mol. The van der Waals surface area contributed by atoms with Crippen molar-refractivity contribution in [2.45, 2.75) is 33.6 Å². The van der Waals surface area contributed by atoms with Gasteiger partial charge in [0.1, 0.15) is 0 Å². The van der Waals surface area contributed by atoms with Crippen molar-refractivity contribution in [1.29, 1.82) is 0 Å². The summed E-state index contributed by atoms with van der Waals surface area (Å²) < 4.78 is 2.40. The van der Waals surface area contributed by atoms with Crippen LogP contribution in [0.15, 0.2) is 183 Å². The summed E-state index contributed by atoms with van der Waals surface area (Å²) in [6.45, 7) is 15.0. The molecule has 2 nitrogen and oxygen atoms in total. The predicted octanol–water partition coefficient (Wildman–Crippen LogP) is 16.0. The Labute approximate surface area is 348 Å². The van der Waals surface area contributed by atoms with E-state index in [4.69, 9.17) is 0 Å². The molecule has 1 aliphatic carbocycles. The second kappa shape index (κ2) is 16.0. The zero-order valence-electron chi connectivity index (χ0n) is 34.1. The van der Waals surface area contributed by atoms with Crippen molar-refractivity contribution in [3.8, 4) is 16.8 Å². The van der Waals surface area contributed by atoms with Gasteiger partial charge in [0.05, 0.1) is 16.7 Å². The topological polar surface area (TPSA) is 8.17 Å². The second-order valence-electron chi connectivity index (χ2n) is 14.9. The van der Waals surface area contributed by atoms with Gasteiger partial charge in [0.2, 0.25) is 0 Å². The van der Waals surface area contributed by atoms with E-state index in [9.17, 15) is 0 Å². The number of aromatic nitrogens is 1. The van der Waals surface area contributed by atoms with Crippen molar-refractivity contribution in [3.05, 3.63) is 217 Å². The molecule has 286 valence electrons. The highest BCUT2D eigenvalue weighted by Crippen LogP contribution is 2.43. The van der Waals surface area contributed by atoms with Gasteiger partial charge in [-0.3, -0.25) is 0 Å². The fourth-order valence-corrected chi connectivity index (χ4v) is 9.00. The highest BCUT2D eigenvalue weighted by molar-refractivity contribution is 6.11. The van der Waals surface area contributed by atoms with Crippen LogP contribution in [0, 0.1) is 0 Å². The van der Waals surface area contributed by atoms with Crippen LogP contribution in [0.5, 0.6) is 0 Å². The van der Waals surface area contributed by atoms with Gasteiger partial charge in [-0.15, -0.1) is 0 Å². The van der Waals surface area contributed by atoms with Crippen LogP contribution in [0.2, 0.25) is 0 Å². The summed E-state index contributed by atoms with van der Waals surface area (Å²) >= 11 is 0. The number of allylic oxidation sites excluding steroid dienone is 6. The minimum Gasteiger partial charge on any atom is -0.317 e. The van der Waals surface area contributed by atoms with Crippen molar-refractivity contribution in [1.82, 2.24) is 4.57 Å². The first-order valence-corrected chi connectivity index (χ1v) is 20.8. The minimum atomic E-state index is 0.973. The summed E-state index contributed by atoms with van der Waals surface area (Å²) in [6, 6.07) is 50.6. The molecule has 0 saturated carbocycles. The summed E-state index contributed by atoms with van der Waals surface area (Å²) in [5.41, 5.74) is 17.6. The number of fused-ring (bicyclic) bond motifs is 7. The Morgan fingerprint density at radius 3 is 2.15 bits per heavy atom. The standard InChI is InChI=1S/C55H42N2.C2H6/c1-4-16-46-44(5-2)47-22-12-13-23-48(47)51-36-43(27-29-49(46)51)56-32-31-41(33-37(3)45-21-14-15-24-53(45)56)39-26-30-54-52(34-39)50-28-25-40(38-17-8-6-9-18-38)35-55(50)57(54)42-19-10-7-11-20-42;1-2/h4-11,13-21,23-36H,2-3,12,22H2,1H3;1-2H3/b16-4-,32-31-,41-33+;. The number of hydrogen-bond donors (Lipinski definition) is 0. The molecule has 8 aromatic rings. The third-order valence-electron chi connectivity index (χ3n) is 11.6. The first-order valence-electron chi connectivity index (χ1n) is 20.8. The van der Waals surface area contributed by atoms with Crippen LogP contribution in [-0.4, -0.2) is 4.57 Å². The summed E-state index contributed by atoms with van der Waals surface area (Å²) in [5, 5.41) is 4.94. The number of hydrogen-bond acceptors (Lipinski definition) is 1. The van der Waals surface area contributed by atoms with E-state index in [0.29, 0.717) is 0 Å². The van der Waals surface area contributed by atoms with E-state index in [2.05, 4.69) is 212 Å². The van der Waals surface area contributed by atoms with Crippen LogP contribution in [0.4, 0.5) is 11.4 Å². The van der Waals surface area contributed by atoms with Gasteiger partial charge in [-0.2, -0.15) is 0 Å². The first-order chi connectivity index (χ1) is 29.1. The summed E-state index contributed by atoms with van der Waals surface area (Å²) in [5.74, 6) is 0. The number of nitrogens with zero attached hydrogens (tertiary/aromatic N) is 2. The first kappa shape index (κ1) is 37.4. The maximum atomic E-state index is 4.65. The molecule has 0 fully saturated rings. The molecule has 0 atom stereocenters. The van der Waals surface area contributed by atoms with E-state index < -0.39 is 0 Å². The van der Waals surface area contributed by atoms with Crippen LogP contribution in [0.1, 0.15) is 60.6 Å². The molecule has 0 N–H and O–H groups in total. The van der Waals surface area contributed by atoms with E-state index in [1.54, 1.807) is 0 Å². The Bertz CT molecular complexity index is 3040. The fraction of sp³-hybridized carbons (Fsp3) is 0.0877. The number of rotatable bonds is 6. The molecule has 59 heavy (non-hydrogen) atoms. The van der Waals surface area contributed by atoms with Crippen molar-refractivity contribution in [2.24, 2.45) is 0 Å². The molecule has 2 aliphatic rings. The lowest BCUT2D eigenvalue weighted by atomic mass is 9.84. The van der Waals surface area contributed by atoms with Crippen LogP contribution in [0.25, 0.3) is 78.8 Å². The maximum Gasteiger partial charge on any atom is 0.0547 e. The summed E-state index contributed by atoms with van der Waals surface area (Å²) in [4.78, 5) is 2.33. The smallest absolute Gasteiger partial charge is 0.0547 e. The van der Waals surface area contributed by atoms with Gasteiger partial charge in [-0.05, 0) is 141 Å². The average molecular weight is 761 g/mol. The zero-order chi connectivity index (χ0) is 40.5. The maximum absolute atomic E-state index is 4.65. The third-order valence-corrected chi connectivity index (χ3v) is 11.6. The Balaban J connectivity index is 0.00000221. The molecule has 0 bridgehead atoms. The molecule has 0 amide bonds. The lowest BCUT2D eigenvalue weighted by molar-refractivity contribution is 0.985. The Kier molecular flexibility index (Phi) is 10.1. The van der Waals surface area contributed by atoms with Crippen LogP contribution >= 0.6 is 0 Å². The van der Waals surface area contributed by atoms with Gasteiger partial charge < -0.3 is 9.47 Å². The summed E-state index contributed by atoms with van der Waals surface area (Å²) in [7, 11) is 0. The van der Waals surface area contributed by atoms with Crippen LogP contribution in [-0.2, 0) is 6.42 Å². The molecule has 2 heteroatoms. The number of anilines is 2. The lowest BCUT2D eigenvalue weighted by Gasteiger charge is -2.27. The van der Waals surface area contributed by atoms with Gasteiger partial charge in [-0.25, -0.2) is 0 Å². The Hall–Kier alpha value is -7.16. The molecule has 0 saturated heterocycles. The Morgan fingerprint density at radius 1 is 0.610 bits per heavy atom. The molecule has 0 unspecified atom stereocenters. The van der Waals surface area contributed by atoms with Crippen molar-refractivity contribution in [3.63, 3.8) is 0 Å². The normalized spacial score (nSPS) is 14.9. The van der Waals surface area contributed by atoms with E-state index >= 15 is 0 Å². The molecule has 10 rings (SSSR count). The third kappa shape index (κ3) is 6.57. The van der Waals surface area contributed by atoms with E-state index in [1.165, 1.54) is 66.0 Å². The number of benzene rings is 7. The minimum absolute atomic E-state index is 0.973. The van der Waals surface area contributed by atoms with Gasteiger partial charge in [0, 0.05) is 33.9 Å². The van der Waals surface area contributed by atoms with Gasteiger partial charge >= 0.3 is 0 Å². The van der Waals surface area contributed by atoms with E-state index in [1.807, 2.05) is 19.9 Å². The van der Waals surface area contributed by atoms with E-state index in [-0.39, 0.29) is 0 Å². The highest BCUT2D eigenvalue weighted by atomic mass is 15.1. The SMILES string of the molecule is C=Cc1c2c(c3cc(N4/C=C\C(c5ccc6c(c5)c5ccc(-c7ccccc7)cc5n6-c5ccccc5)=C/C(=C)c5ccccc54)ccc3c1/C=C\C)C=CCC2.CC. The van der Waals surface area contributed by atoms with Crippen molar-refractivity contribution >= 4 is 73.3 Å². The molecular formula is C57H48N2. The molecule has 2 heterocycles. The van der Waals surface area contributed by atoms with Crippen LogP contribution in [0.3, 0.4) is 0 Å². The quantitative estimate of drug-likeness (QED) is 0.164. The van der Waals surface area contributed by atoms with Gasteiger partial charge in [0.25, 0.3) is 0 Å². The van der Waals surface area contributed by atoms with Crippen molar-refractivity contribution < 1.29 is 0 Å². The molecule has 1 aromatic heterocycles. The largest absolute Gasteiger partial charge is 0.317 e. The molecule has 0 radical (unpaired) electrons. The monoisotopic (exact) mass is 760 g/mol. The summed E-state index contributed by atoms with van der Waals surface area (Å²) in [6.07, 6.45) is 19.8. The second-order valence-corrected chi connectivity index (χ2v) is 14.9. The van der Waals surface area contributed by atoms with Gasteiger partial charge in [0.15, 0.2) is 0 Å². The molecule has 1 aliphatic heterocycles. The predicted molar refractivity (Wildman–Crippen MR) is 258 cm³/mol. The lowest BCUT2D eigenvalue weighted by Crippen LogP contribution is -2.12. The Morgan fingerprint density at radius 2 is 1.36 bits per heavy atom. The molecule has 7 aromatic carbocycles. The fourth-order valence-electron chi connectivity index (χ4n) is 9.00. The number of para-hydroxylation sites is 2. The van der Waals surface area contributed by atoms with Gasteiger partial charge in [-0.1, -0.05) is 148 Å². The average Bonchev–Trinajstić information content (AvgIpc) is 3.62. The van der Waals surface area contributed by atoms with E-state index in [0.717, 1.165) is 52.2 Å². The van der Waals surface area contributed by atoms with Crippen LogP contribution < -0.4 is 4.90 Å². The molecule has 0 spiro atoms.